The first-order valence-corrected chi connectivity index (χ1v) is 47.3. The molecule has 0 unspecified atom stereocenters. The van der Waals surface area contributed by atoms with Crippen molar-refractivity contribution in [1.29, 1.82) is 0 Å². The minimum absolute atomic E-state index is 0.0556. The van der Waals surface area contributed by atoms with E-state index in [9.17, 15) is 9.59 Å². The normalized spacial score (nSPS) is 9.21. The van der Waals surface area contributed by atoms with Crippen molar-refractivity contribution in [3.8, 4) is 0 Å². The summed E-state index contributed by atoms with van der Waals surface area (Å²) in [7, 11) is 19.6. The van der Waals surface area contributed by atoms with Crippen LogP contribution in [0.1, 0.15) is 185 Å². The smallest absolute Gasteiger partial charge is 0.377 e. The van der Waals surface area contributed by atoms with Gasteiger partial charge in [0, 0.05) is 205 Å². The molecule has 0 saturated heterocycles. The first kappa shape index (κ1) is 147. The van der Waals surface area contributed by atoms with Crippen molar-refractivity contribution < 1.29 is 107 Å². The molecule has 0 aliphatic carbocycles. The summed E-state index contributed by atoms with van der Waals surface area (Å²) >= 11 is 0. The van der Waals surface area contributed by atoms with E-state index < -0.39 is 71.4 Å². The summed E-state index contributed by atoms with van der Waals surface area (Å²) in [5.41, 5.74) is 5.36. The van der Waals surface area contributed by atoms with Crippen molar-refractivity contribution in [3.63, 3.8) is 0 Å². The largest absolute Gasteiger partial charge is 0.549 e. The Labute approximate surface area is 618 Å². The molecule has 0 atom stereocenters. The van der Waals surface area contributed by atoms with Crippen molar-refractivity contribution in [3.05, 3.63) is 12.7 Å². The molecule has 0 aliphatic heterocycles. The summed E-state index contributed by atoms with van der Waals surface area (Å²) in [6.45, 7) is 53.4. The monoisotopic (exact) mass is 1580 g/mol. The van der Waals surface area contributed by atoms with Crippen LogP contribution in [0.4, 0.5) is 0 Å². The molecule has 2 amide bonds. The van der Waals surface area contributed by atoms with E-state index in [1.54, 1.807) is 161 Å². The standard InChI is InChI=1S/C11H26N2O4Si.C6H17NO3Si.C5H9NO.4C5H14O3Si.10C2H6.2O2Si/c1-13(2)11(14)7-9-12-8-6-10-18(15-3,16-4)17-5;1-8-11(9-2,10-3)6-4-5-7;1-4-5(7)6(2)3;4*1-5-9(6-2,7-3)8-4;10*1-2;2*1-3-2/h12H,6-10H2,1-5H3;4-7H2,1-3H3;4H,1H2,2-3H3;4*5H2,1-4H3;10*1-2H3;;. The van der Waals surface area contributed by atoms with E-state index in [1.165, 1.54) is 11.0 Å². The molecule has 36 heteroatoms. The predicted octanol–water partition coefficient (Wildman–Crippen LogP) is 13.4. The lowest BCUT2D eigenvalue weighted by Gasteiger charge is -2.24. The molecular formula is C62H168N4O24Si8. The van der Waals surface area contributed by atoms with Crippen LogP contribution in [0.25, 0.3) is 0 Å². The number of likely N-dealkylation sites (N-methyl/N-ethyl adjacent to an activating group) is 1. The fourth-order valence-corrected chi connectivity index (χ4v) is 14.3. The summed E-state index contributed by atoms with van der Waals surface area (Å²) in [5, 5.41) is 3.22. The molecule has 0 radical (unpaired) electrons. The molecular weight excluding hydrogens is 1410 g/mol. The van der Waals surface area contributed by atoms with E-state index >= 15 is 0 Å². The van der Waals surface area contributed by atoms with Crippen molar-refractivity contribution >= 4 is 83.2 Å². The molecule has 98 heavy (non-hydrogen) atoms. The van der Waals surface area contributed by atoms with Crippen LogP contribution in [0, 0.1) is 0 Å². The third kappa shape index (κ3) is 103. The molecule has 0 aromatic rings. The van der Waals surface area contributed by atoms with Crippen LogP contribution < -0.4 is 11.1 Å². The molecule has 0 saturated carbocycles. The minimum atomic E-state index is -2.43. The van der Waals surface area contributed by atoms with E-state index in [2.05, 4.69) is 11.9 Å². The zero-order valence-electron chi connectivity index (χ0n) is 72.5. The van der Waals surface area contributed by atoms with Crippen LogP contribution in [0.2, 0.25) is 36.3 Å². The first-order chi connectivity index (χ1) is 46.7. The Balaban J connectivity index is -0.0000000418. The Morgan fingerprint density at radius 2 is 0.520 bits per heavy atom. The average molecular weight is 1580 g/mol. The van der Waals surface area contributed by atoms with Gasteiger partial charge in [0.1, 0.15) is 0 Å². The Kier molecular flexibility index (Phi) is 198. The zero-order valence-corrected chi connectivity index (χ0v) is 80.5. The van der Waals surface area contributed by atoms with Crippen molar-refractivity contribution in [2.75, 3.05) is 176 Å². The van der Waals surface area contributed by atoms with Gasteiger partial charge in [-0.05, 0) is 32.0 Å². The highest BCUT2D eigenvalue weighted by Gasteiger charge is 2.39. The Morgan fingerprint density at radius 1 is 0.347 bits per heavy atom. The zero-order chi connectivity index (χ0) is 83.4. The van der Waals surface area contributed by atoms with Gasteiger partial charge in [-0.25, -0.2) is 0 Å². The average Bonchev–Trinajstić information content (AvgIpc) is 1.16. The second kappa shape index (κ2) is 132. The van der Waals surface area contributed by atoms with Crippen LogP contribution in [0.15, 0.2) is 12.7 Å². The van der Waals surface area contributed by atoms with Gasteiger partial charge in [-0.15, -0.1) is 0 Å². The van der Waals surface area contributed by atoms with Crippen LogP contribution >= 0.6 is 0 Å². The highest BCUT2D eigenvalue weighted by molar-refractivity contribution is 6.62. The van der Waals surface area contributed by atoms with E-state index in [1.807, 2.05) is 166 Å². The van der Waals surface area contributed by atoms with Crippen molar-refractivity contribution in [2.24, 2.45) is 5.73 Å². The van der Waals surface area contributed by atoms with Crippen LogP contribution in [0.5, 0.6) is 0 Å². The van der Waals surface area contributed by atoms with Gasteiger partial charge in [0.15, 0.2) is 0 Å². The molecule has 0 aliphatic rings. The highest BCUT2D eigenvalue weighted by atomic mass is 28.4. The fraction of sp³-hybridized carbons (Fsp3) is 0.935. The van der Waals surface area contributed by atoms with Gasteiger partial charge in [-0.1, -0.05) is 173 Å². The van der Waals surface area contributed by atoms with Gasteiger partial charge in [0.05, 0.1) is 0 Å². The summed E-state index contributed by atoms with van der Waals surface area (Å²) in [4.78, 5) is 24.7. The van der Waals surface area contributed by atoms with Crippen LogP contribution in [0.3, 0.4) is 0 Å². The summed E-state index contributed by atoms with van der Waals surface area (Å²) in [6, 6.07) is 4.82. The van der Waals surface area contributed by atoms with Crippen molar-refractivity contribution in [1.82, 2.24) is 15.1 Å². The number of carbonyl (C=O) groups is 2. The molecule has 0 bridgehead atoms. The van der Waals surface area contributed by atoms with Crippen LogP contribution in [-0.2, 0) is 107 Å². The lowest BCUT2D eigenvalue weighted by molar-refractivity contribution is -0.128. The second-order valence-electron chi connectivity index (χ2n) is 14.6. The maximum atomic E-state index is 11.3. The molecule has 28 nitrogen and oxygen atoms in total. The predicted molar refractivity (Wildman–Crippen MR) is 423 cm³/mol. The number of hydrogen-bond acceptors (Lipinski definition) is 26. The SMILES string of the molecule is C=CC(=O)N(C)C.CC.CC.CC.CC.CC.CC.CC.CC.CC.CC.CC[Si](OC)(OC)OC.CC[Si](OC)(OC)OC.CC[Si](OC)(OC)OC.CC[Si](OC)(OC)OC.CO[Si](CCCN)(OC)OC.CO[Si](CCCNCCC(=O)N(C)C)(OC)OC.O=[Si]=O.O=[Si]=O. The van der Waals surface area contributed by atoms with Gasteiger partial charge < -0.3 is 101 Å². The van der Waals surface area contributed by atoms with Gasteiger partial charge in [-0.2, -0.15) is 0 Å². The van der Waals surface area contributed by atoms with E-state index in [0.29, 0.717) is 19.5 Å². The summed E-state index contributed by atoms with van der Waals surface area (Å²) < 4.78 is 126. The lowest BCUT2D eigenvalue weighted by Crippen LogP contribution is -2.43. The molecule has 0 aromatic heterocycles. The maximum Gasteiger partial charge on any atom is 0.549 e. The third-order valence-electron chi connectivity index (χ3n) is 10.5. The van der Waals surface area contributed by atoms with Crippen LogP contribution in [-0.4, -0.2) is 269 Å². The molecule has 0 aromatic carbocycles. The van der Waals surface area contributed by atoms with Gasteiger partial charge >= 0.3 is 71.4 Å². The van der Waals surface area contributed by atoms with E-state index in [4.69, 9.17) is 103 Å². The maximum absolute atomic E-state index is 11.3. The number of nitrogens with one attached hydrogen (secondary N) is 1. The topological polar surface area (TPSA) is 313 Å². The van der Waals surface area contributed by atoms with Gasteiger partial charge in [0.25, 0.3) is 0 Å². The molecule has 0 heterocycles. The van der Waals surface area contributed by atoms with E-state index in [-0.39, 0.29) is 11.8 Å². The highest BCUT2D eigenvalue weighted by Crippen LogP contribution is 2.16. The number of nitrogens with zero attached hydrogens (tertiary/aromatic N) is 2. The first-order valence-electron chi connectivity index (χ1n) is 34.1. The van der Waals surface area contributed by atoms with Gasteiger partial charge in [0.2, 0.25) is 11.8 Å². The summed E-state index contributed by atoms with van der Waals surface area (Å²) in [6.07, 6.45) is 3.58. The molecule has 3 N–H and O–H groups in total. The molecule has 0 fully saturated rings. The minimum Gasteiger partial charge on any atom is -0.377 e. The summed E-state index contributed by atoms with van der Waals surface area (Å²) in [5.74, 6) is 0.0805. The molecule has 0 rings (SSSR count). The van der Waals surface area contributed by atoms with E-state index in [0.717, 1.165) is 55.7 Å². The number of carbonyl (C=O) groups excluding carboxylic acids is 2. The fourth-order valence-electron chi connectivity index (χ4n) is 5.32. The van der Waals surface area contributed by atoms with Crippen molar-refractivity contribution in [2.45, 2.75) is 222 Å². The third-order valence-corrected chi connectivity index (χ3v) is 27.1. The number of nitrogens with two attached hydrogens (primary N) is 1. The quantitative estimate of drug-likeness (QED) is 0.0350. The number of rotatable bonds is 33. The number of hydrogen-bond donors (Lipinski definition) is 2. The molecule has 612 valence electrons. The van der Waals surface area contributed by atoms with Gasteiger partial charge in [-0.3, -0.25) is 27.4 Å². The molecule has 0 spiro atoms. The second-order valence-corrected chi connectivity index (χ2v) is 34.3. The Hall–Kier alpha value is -1.18. The Bertz CT molecular complexity index is 1220. The number of amides is 2. The Morgan fingerprint density at radius 3 is 0.622 bits per heavy atom. The lowest BCUT2D eigenvalue weighted by atomic mass is 10.3.